The van der Waals surface area contributed by atoms with Crippen LogP contribution >= 0.6 is 11.6 Å². The minimum Gasteiger partial charge on any atom is -0.293 e. The zero-order valence-corrected chi connectivity index (χ0v) is 9.71. The zero-order valence-electron chi connectivity index (χ0n) is 8.96. The molecule has 2 nitrogen and oxygen atoms in total. The van der Waals surface area contributed by atoms with Gasteiger partial charge in [-0.3, -0.25) is 9.69 Å². The van der Waals surface area contributed by atoms with Crippen LogP contribution in [0.5, 0.6) is 0 Å². The van der Waals surface area contributed by atoms with Crippen LogP contribution in [0.1, 0.15) is 29.8 Å². The monoisotopic (exact) mass is 223 g/mol. The van der Waals surface area contributed by atoms with E-state index in [9.17, 15) is 4.79 Å². The SMILES string of the molecule is CC(C)N1CC(=O)c2cc(Cl)ccc2C1. The second-order valence-corrected chi connectivity index (χ2v) is 4.66. The fourth-order valence-electron chi connectivity index (χ4n) is 1.86. The number of carbonyl (C=O) groups excluding carboxylic acids is 1. The Morgan fingerprint density at radius 1 is 1.33 bits per heavy atom. The molecule has 0 unspecified atom stereocenters. The van der Waals surface area contributed by atoms with E-state index in [-0.39, 0.29) is 5.78 Å². The van der Waals surface area contributed by atoms with Crippen molar-refractivity contribution in [2.75, 3.05) is 6.54 Å². The Bertz CT molecular complexity index is 401. The highest BCUT2D eigenvalue weighted by molar-refractivity contribution is 6.31. The summed E-state index contributed by atoms with van der Waals surface area (Å²) in [5, 5.41) is 0.639. The van der Waals surface area contributed by atoms with Gasteiger partial charge in [0, 0.05) is 23.2 Å². The van der Waals surface area contributed by atoms with Crippen LogP contribution in [0.15, 0.2) is 18.2 Å². The fourth-order valence-corrected chi connectivity index (χ4v) is 2.03. The molecule has 0 aliphatic carbocycles. The molecule has 0 spiro atoms. The van der Waals surface area contributed by atoms with Crippen LogP contribution in [0, 0.1) is 0 Å². The predicted molar refractivity (Wildman–Crippen MR) is 61.3 cm³/mol. The number of carbonyl (C=O) groups is 1. The van der Waals surface area contributed by atoms with Crippen molar-refractivity contribution in [1.29, 1.82) is 0 Å². The van der Waals surface area contributed by atoms with Gasteiger partial charge in [0.2, 0.25) is 0 Å². The lowest BCUT2D eigenvalue weighted by Crippen LogP contribution is -2.39. The van der Waals surface area contributed by atoms with E-state index in [4.69, 9.17) is 11.6 Å². The first-order valence-electron chi connectivity index (χ1n) is 5.13. The molecule has 1 aromatic rings. The molecule has 0 amide bonds. The van der Waals surface area contributed by atoms with E-state index < -0.39 is 0 Å². The topological polar surface area (TPSA) is 20.3 Å². The summed E-state index contributed by atoms with van der Waals surface area (Å²) in [6, 6.07) is 5.97. The van der Waals surface area contributed by atoms with E-state index in [1.807, 2.05) is 12.1 Å². The van der Waals surface area contributed by atoms with Gasteiger partial charge in [0.25, 0.3) is 0 Å². The van der Waals surface area contributed by atoms with Crippen LogP contribution in [-0.2, 0) is 6.54 Å². The minimum absolute atomic E-state index is 0.174. The predicted octanol–water partition coefficient (Wildman–Crippen LogP) is 2.75. The molecular formula is C12H14ClNO. The first-order valence-corrected chi connectivity index (χ1v) is 5.51. The number of benzene rings is 1. The normalized spacial score (nSPS) is 16.9. The first-order chi connectivity index (χ1) is 7.08. The number of Topliss-reactive ketones (excluding diaryl/α,β-unsaturated/α-hetero) is 1. The van der Waals surface area contributed by atoms with Gasteiger partial charge < -0.3 is 0 Å². The third-order valence-electron chi connectivity index (χ3n) is 2.82. The standard InChI is InChI=1S/C12H14ClNO/c1-8(2)14-6-9-3-4-10(13)5-11(9)12(15)7-14/h3-5,8H,6-7H2,1-2H3. The maximum atomic E-state index is 11.9. The van der Waals surface area contributed by atoms with Crippen LogP contribution < -0.4 is 0 Å². The zero-order chi connectivity index (χ0) is 11.0. The molecule has 0 saturated heterocycles. The van der Waals surface area contributed by atoms with Gasteiger partial charge in [0.15, 0.2) is 5.78 Å². The fraction of sp³-hybridized carbons (Fsp3) is 0.417. The quantitative estimate of drug-likeness (QED) is 0.730. The van der Waals surface area contributed by atoms with Gasteiger partial charge in [-0.05, 0) is 31.5 Å². The summed E-state index contributed by atoms with van der Waals surface area (Å²) in [7, 11) is 0. The largest absolute Gasteiger partial charge is 0.293 e. The maximum Gasteiger partial charge on any atom is 0.177 e. The Kier molecular flexibility index (Phi) is 2.81. The van der Waals surface area contributed by atoms with Gasteiger partial charge in [-0.2, -0.15) is 0 Å². The number of fused-ring (bicyclic) bond motifs is 1. The lowest BCUT2D eigenvalue weighted by Gasteiger charge is -2.30. The molecule has 15 heavy (non-hydrogen) atoms. The average Bonchev–Trinajstić information content (AvgIpc) is 2.18. The number of nitrogens with zero attached hydrogens (tertiary/aromatic N) is 1. The van der Waals surface area contributed by atoms with E-state index in [0.717, 1.165) is 17.7 Å². The molecule has 3 heteroatoms. The summed E-state index contributed by atoms with van der Waals surface area (Å²) in [6.45, 7) is 5.56. The summed E-state index contributed by atoms with van der Waals surface area (Å²) < 4.78 is 0. The molecule has 2 rings (SSSR count). The van der Waals surface area contributed by atoms with Gasteiger partial charge in [0.05, 0.1) is 6.54 Å². The van der Waals surface area contributed by atoms with E-state index >= 15 is 0 Å². The second kappa shape index (κ2) is 3.95. The van der Waals surface area contributed by atoms with Crippen molar-refractivity contribution >= 4 is 17.4 Å². The van der Waals surface area contributed by atoms with Gasteiger partial charge in [-0.25, -0.2) is 0 Å². The number of ketones is 1. The highest BCUT2D eigenvalue weighted by Crippen LogP contribution is 2.23. The van der Waals surface area contributed by atoms with Gasteiger partial charge in [-0.15, -0.1) is 0 Å². The van der Waals surface area contributed by atoms with E-state index in [1.165, 1.54) is 0 Å². The Balaban J connectivity index is 2.37. The molecule has 0 fully saturated rings. The van der Waals surface area contributed by atoms with E-state index in [1.54, 1.807) is 6.07 Å². The Morgan fingerprint density at radius 3 is 2.73 bits per heavy atom. The molecular weight excluding hydrogens is 210 g/mol. The summed E-state index contributed by atoms with van der Waals surface area (Å²) in [5.41, 5.74) is 1.88. The highest BCUT2D eigenvalue weighted by Gasteiger charge is 2.24. The molecule has 1 aromatic carbocycles. The van der Waals surface area contributed by atoms with Crippen LogP contribution in [0.4, 0.5) is 0 Å². The van der Waals surface area contributed by atoms with Crippen LogP contribution in [0.25, 0.3) is 0 Å². The molecule has 0 saturated carbocycles. The van der Waals surface area contributed by atoms with Crippen molar-refractivity contribution in [3.63, 3.8) is 0 Å². The Hall–Kier alpha value is -0.860. The lowest BCUT2D eigenvalue weighted by atomic mass is 9.98. The smallest absolute Gasteiger partial charge is 0.177 e. The molecule has 80 valence electrons. The molecule has 0 bridgehead atoms. The minimum atomic E-state index is 0.174. The number of rotatable bonds is 1. The maximum absolute atomic E-state index is 11.9. The lowest BCUT2D eigenvalue weighted by molar-refractivity contribution is 0.0868. The van der Waals surface area contributed by atoms with Crippen molar-refractivity contribution in [1.82, 2.24) is 4.90 Å². The average molecular weight is 224 g/mol. The summed E-state index contributed by atoms with van der Waals surface area (Å²) in [6.07, 6.45) is 0. The van der Waals surface area contributed by atoms with Crippen molar-refractivity contribution in [3.8, 4) is 0 Å². The summed E-state index contributed by atoms with van der Waals surface area (Å²) >= 11 is 5.88. The van der Waals surface area contributed by atoms with Crippen molar-refractivity contribution < 1.29 is 4.79 Å². The summed E-state index contributed by atoms with van der Waals surface area (Å²) in [5.74, 6) is 0.174. The highest BCUT2D eigenvalue weighted by atomic mass is 35.5. The third kappa shape index (κ3) is 2.06. The molecule has 1 heterocycles. The van der Waals surface area contributed by atoms with Gasteiger partial charge in [0.1, 0.15) is 0 Å². The van der Waals surface area contributed by atoms with Crippen LogP contribution in [-0.4, -0.2) is 23.3 Å². The molecule has 0 atom stereocenters. The second-order valence-electron chi connectivity index (χ2n) is 4.22. The van der Waals surface area contributed by atoms with Crippen molar-refractivity contribution in [2.24, 2.45) is 0 Å². The van der Waals surface area contributed by atoms with Crippen molar-refractivity contribution in [2.45, 2.75) is 26.4 Å². The van der Waals surface area contributed by atoms with Gasteiger partial charge in [-0.1, -0.05) is 17.7 Å². The Labute approximate surface area is 94.8 Å². The molecule has 0 aromatic heterocycles. The third-order valence-corrected chi connectivity index (χ3v) is 3.06. The van der Waals surface area contributed by atoms with Crippen LogP contribution in [0.3, 0.4) is 0 Å². The summed E-state index contributed by atoms with van der Waals surface area (Å²) in [4.78, 5) is 14.0. The number of halogens is 1. The number of hydrogen-bond acceptors (Lipinski definition) is 2. The first kappa shape index (κ1) is 10.7. The van der Waals surface area contributed by atoms with E-state index in [2.05, 4.69) is 18.7 Å². The van der Waals surface area contributed by atoms with Gasteiger partial charge >= 0.3 is 0 Å². The number of hydrogen-bond donors (Lipinski definition) is 0. The molecule has 1 aliphatic heterocycles. The molecule has 0 N–H and O–H groups in total. The van der Waals surface area contributed by atoms with Crippen LogP contribution in [0.2, 0.25) is 5.02 Å². The molecule has 0 radical (unpaired) electrons. The Morgan fingerprint density at radius 2 is 2.07 bits per heavy atom. The van der Waals surface area contributed by atoms with Crippen molar-refractivity contribution in [3.05, 3.63) is 34.3 Å². The molecule has 1 aliphatic rings. The van der Waals surface area contributed by atoms with E-state index in [0.29, 0.717) is 17.6 Å².